The van der Waals surface area contributed by atoms with Crippen molar-refractivity contribution in [3.63, 3.8) is 0 Å². The second-order valence-corrected chi connectivity index (χ2v) is 8.35. The third-order valence-electron chi connectivity index (χ3n) is 4.85. The maximum atomic E-state index is 12.9. The summed E-state index contributed by atoms with van der Waals surface area (Å²) in [7, 11) is 0. The first kappa shape index (κ1) is 22.9. The lowest BCUT2D eigenvalue weighted by atomic mass is 10.1. The number of carbonyl (C=O) groups is 1. The fourth-order valence-electron chi connectivity index (χ4n) is 3.30. The quantitative estimate of drug-likeness (QED) is 0.696. The Morgan fingerprint density at radius 2 is 1.97 bits per heavy atom. The van der Waals surface area contributed by atoms with Crippen LogP contribution in [0, 0.1) is 0 Å². The number of hydrogen-bond donors (Lipinski definition) is 2. The van der Waals surface area contributed by atoms with E-state index in [-0.39, 0.29) is 25.0 Å². The maximum Gasteiger partial charge on any atom is 0.417 e. The van der Waals surface area contributed by atoms with Crippen molar-refractivity contribution in [2.45, 2.75) is 44.5 Å². The van der Waals surface area contributed by atoms with Gasteiger partial charge in [-0.15, -0.1) is 0 Å². The van der Waals surface area contributed by atoms with Crippen LogP contribution >= 0.6 is 0 Å². The molecule has 6 nitrogen and oxygen atoms in total. The first-order valence-electron chi connectivity index (χ1n) is 10.0. The Balaban J connectivity index is 1.50. The second-order valence-electron chi connectivity index (χ2n) is 8.35. The Bertz CT molecular complexity index is 895. The van der Waals surface area contributed by atoms with E-state index in [4.69, 9.17) is 4.74 Å². The summed E-state index contributed by atoms with van der Waals surface area (Å²) >= 11 is 0. The molecule has 2 N–H and O–H groups in total. The molecule has 0 radical (unpaired) electrons. The van der Waals surface area contributed by atoms with E-state index in [9.17, 15) is 23.1 Å². The molecule has 9 heteroatoms. The van der Waals surface area contributed by atoms with Gasteiger partial charge in [0.05, 0.1) is 29.5 Å². The predicted octanol–water partition coefficient (Wildman–Crippen LogP) is 3.19. The number of hydrogen-bond acceptors (Lipinski definition) is 5. The molecule has 0 bridgehead atoms. The molecular weight excluding hydrogens is 411 g/mol. The van der Waals surface area contributed by atoms with Gasteiger partial charge in [-0.1, -0.05) is 12.1 Å². The average Bonchev–Trinajstić information content (AvgIpc) is 3.14. The summed E-state index contributed by atoms with van der Waals surface area (Å²) in [5, 5.41) is 12.6. The molecule has 2 heterocycles. The number of alkyl halides is 3. The number of amides is 1. The standard InChI is InChI=1S/C22H26F3N3O3/c1-21(2,30)14-31-19-5-3-15(4-6-19)9-20(29)27-17-7-8-28(13-17)18-10-16(11-26-12-18)22(23,24)25/h3-6,10-12,17,30H,7-9,13-14H2,1-2H3,(H,27,29)/t17-/m1/s1. The van der Waals surface area contributed by atoms with Gasteiger partial charge >= 0.3 is 6.18 Å². The van der Waals surface area contributed by atoms with E-state index >= 15 is 0 Å². The molecule has 3 rings (SSSR count). The molecule has 1 aromatic heterocycles. The number of anilines is 1. The molecule has 2 aromatic rings. The molecular formula is C22H26F3N3O3. The van der Waals surface area contributed by atoms with Crippen LogP contribution in [0.1, 0.15) is 31.4 Å². The van der Waals surface area contributed by atoms with Crippen molar-refractivity contribution in [2.24, 2.45) is 0 Å². The molecule has 31 heavy (non-hydrogen) atoms. The molecule has 168 valence electrons. The number of benzene rings is 1. The minimum atomic E-state index is -4.44. The lowest BCUT2D eigenvalue weighted by Gasteiger charge is -2.20. The van der Waals surface area contributed by atoms with Gasteiger partial charge in [0.2, 0.25) is 5.91 Å². The number of nitrogens with one attached hydrogen (secondary N) is 1. The van der Waals surface area contributed by atoms with Crippen LogP contribution in [-0.2, 0) is 17.4 Å². The highest BCUT2D eigenvalue weighted by Gasteiger charge is 2.32. The summed E-state index contributed by atoms with van der Waals surface area (Å²) in [6.45, 7) is 4.44. The van der Waals surface area contributed by atoms with Crippen molar-refractivity contribution in [3.8, 4) is 5.75 Å². The van der Waals surface area contributed by atoms with Crippen LogP contribution in [0.5, 0.6) is 5.75 Å². The fraction of sp³-hybridized carbons (Fsp3) is 0.455. The van der Waals surface area contributed by atoms with E-state index < -0.39 is 17.3 Å². The van der Waals surface area contributed by atoms with Crippen molar-refractivity contribution in [1.29, 1.82) is 0 Å². The number of carbonyl (C=O) groups excluding carboxylic acids is 1. The second kappa shape index (κ2) is 9.13. The van der Waals surface area contributed by atoms with Gasteiger partial charge in [0, 0.05) is 25.3 Å². The first-order valence-corrected chi connectivity index (χ1v) is 10.0. The highest BCUT2D eigenvalue weighted by Crippen LogP contribution is 2.31. The Morgan fingerprint density at radius 3 is 2.61 bits per heavy atom. The van der Waals surface area contributed by atoms with Crippen LogP contribution in [0.4, 0.5) is 18.9 Å². The van der Waals surface area contributed by atoms with E-state index in [1.165, 1.54) is 6.20 Å². The van der Waals surface area contributed by atoms with Gasteiger partial charge in [0.1, 0.15) is 12.4 Å². The molecule has 1 atom stereocenters. The smallest absolute Gasteiger partial charge is 0.417 e. The monoisotopic (exact) mass is 437 g/mol. The minimum absolute atomic E-state index is 0.142. The predicted molar refractivity (Wildman–Crippen MR) is 110 cm³/mol. The largest absolute Gasteiger partial charge is 0.491 e. The minimum Gasteiger partial charge on any atom is -0.491 e. The molecule has 0 aliphatic carbocycles. The van der Waals surface area contributed by atoms with Gasteiger partial charge in [-0.3, -0.25) is 9.78 Å². The molecule has 0 spiro atoms. The zero-order valence-corrected chi connectivity index (χ0v) is 17.4. The Morgan fingerprint density at radius 1 is 1.26 bits per heavy atom. The summed E-state index contributed by atoms with van der Waals surface area (Å²) in [5.41, 5.74) is -0.511. The van der Waals surface area contributed by atoms with Crippen molar-refractivity contribution in [3.05, 3.63) is 53.9 Å². The summed E-state index contributed by atoms with van der Waals surface area (Å²) in [4.78, 5) is 17.9. The SMILES string of the molecule is CC(C)(O)COc1ccc(CC(=O)N[C@@H]2CCN(c3cncc(C(F)(F)F)c3)C2)cc1. The van der Waals surface area contributed by atoms with E-state index in [1.807, 2.05) is 0 Å². The molecule has 1 aliphatic heterocycles. The van der Waals surface area contributed by atoms with Gasteiger partial charge in [0.25, 0.3) is 0 Å². The van der Waals surface area contributed by atoms with Crippen LogP contribution in [0.2, 0.25) is 0 Å². The van der Waals surface area contributed by atoms with E-state index in [1.54, 1.807) is 43.0 Å². The number of aromatic nitrogens is 1. The zero-order chi connectivity index (χ0) is 22.6. The van der Waals surface area contributed by atoms with Gasteiger partial charge in [0.15, 0.2) is 0 Å². The van der Waals surface area contributed by atoms with Crippen molar-refractivity contribution >= 4 is 11.6 Å². The van der Waals surface area contributed by atoms with Crippen molar-refractivity contribution in [1.82, 2.24) is 10.3 Å². The summed E-state index contributed by atoms with van der Waals surface area (Å²) in [5.74, 6) is 0.451. The normalized spacial score (nSPS) is 17.0. The van der Waals surface area contributed by atoms with Crippen LogP contribution in [0.25, 0.3) is 0 Å². The molecule has 1 fully saturated rings. The third-order valence-corrected chi connectivity index (χ3v) is 4.85. The van der Waals surface area contributed by atoms with Crippen molar-refractivity contribution in [2.75, 3.05) is 24.6 Å². The Labute approximate surface area is 179 Å². The summed E-state index contributed by atoms with van der Waals surface area (Å²) in [6.07, 6.45) is -1.40. The van der Waals surface area contributed by atoms with E-state index in [0.29, 0.717) is 30.9 Å². The van der Waals surface area contributed by atoms with Crippen LogP contribution in [-0.4, -0.2) is 47.3 Å². The molecule has 1 aromatic carbocycles. The van der Waals surface area contributed by atoms with Crippen LogP contribution in [0.3, 0.4) is 0 Å². The Hall–Kier alpha value is -2.81. The number of aliphatic hydroxyl groups is 1. The molecule has 1 amide bonds. The topological polar surface area (TPSA) is 74.7 Å². The van der Waals surface area contributed by atoms with Gasteiger partial charge in [-0.2, -0.15) is 13.2 Å². The Kier molecular flexibility index (Phi) is 6.74. The van der Waals surface area contributed by atoms with Gasteiger partial charge < -0.3 is 20.1 Å². The van der Waals surface area contributed by atoms with Crippen LogP contribution < -0.4 is 15.0 Å². The van der Waals surface area contributed by atoms with E-state index in [0.717, 1.165) is 17.8 Å². The van der Waals surface area contributed by atoms with E-state index in [2.05, 4.69) is 10.3 Å². The number of ether oxygens (including phenoxy) is 1. The molecule has 1 saturated heterocycles. The number of halogens is 3. The van der Waals surface area contributed by atoms with Gasteiger partial charge in [-0.25, -0.2) is 0 Å². The summed E-state index contributed by atoms with van der Waals surface area (Å²) < 4.78 is 44.2. The average molecular weight is 437 g/mol. The molecule has 1 aliphatic rings. The zero-order valence-electron chi connectivity index (χ0n) is 17.4. The number of rotatable bonds is 7. The maximum absolute atomic E-state index is 12.9. The number of pyridine rings is 1. The molecule has 0 unspecified atom stereocenters. The highest BCUT2D eigenvalue weighted by molar-refractivity contribution is 5.79. The summed E-state index contributed by atoms with van der Waals surface area (Å²) in [6, 6.07) is 8.00. The lowest BCUT2D eigenvalue weighted by molar-refractivity contribution is -0.137. The fourth-order valence-corrected chi connectivity index (χ4v) is 3.30. The third kappa shape index (κ3) is 6.85. The highest BCUT2D eigenvalue weighted by atomic mass is 19.4. The van der Waals surface area contributed by atoms with Crippen LogP contribution in [0.15, 0.2) is 42.7 Å². The van der Waals surface area contributed by atoms with Gasteiger partial charge in [-0.05, 0) is 44.0 Å². The lowest BCUT2D eigenvalue weighted by Crippen LogP contribution is -2.38. The number of nitrogens with zero attached hydrogens (tertiary/aromatic N) is 2. The van der Waals surface area contributed by atoms with Crippen molar-refractivity contribution < 1.29 is 27.8 Å². The molecule has 0 saturated carbocycles. The first-order chi connectivity index (χ1) is 14.5.